The molecule has 1 atom stereocenters. The standard InChI is InChI=1S/C10H11IO2S/c11-9-4-8(6-14-9)10(12)7-2-1-3-13-5-7/h4,6-7H,1-3,5H2. The lowest BCUT2D eigenvalue weighted by atomic mass is 9.94. The van der Waals surface area contributed by atoms with E-state index >= 15 is 0 Å². The topological polar surface area (TPSA) is 26.3 Å². The largest absolute Gasteiger partial charge is 0.381 e. The minimum Gasteiger partial charge on any atom is -0.381 e. The van der Waals surface area contributed by atoms with Crippen molar-refractivity contribution in [1.29, 1.82) is 0 Å². The zero-order chi connectivity index (χ0) is 9.97. The maximum absolute atomic E-state index is 11.9. The summed E-state index contributed by atoms with van der Waals surface area (Å²) in [5.74, 6) is 0.345. The van der Waals surface area contributed by atoms with Crippen molar-refractivity contribution in [3.8, 4) is 0 Å². The van der Waals surface area contributed by atoms with E-state index in [1.54, 1.807) is 11.3 Å². The van der Waals surface area contributed by atoms with Gasteiger partial charge in [-0.1, -0.05) is 0 Å². The highest BCUT2D eigenvalue weighted by Gasteiger charge is 2.23. The summed E-state index contributed by atoms with van der Waals surface area (Å²) < 4.78 is 6.48. The number of ether oxygens (including phenoxy) is 1. The Bertz CT molecular complexity index is 329. The lowest BCUT2D eigenvalue weighted by molar-refractivity contribution is 0.0461. The Morgan fingerprint density at radius 1 is 1.64 bits per heavy atom. The predicted molar refractivity (Wildman–Crippen MR) is 64.9 cm³/mol. The Balaban J connectivity index is 2.07. The van der Waals surface area contributed by atoms with Gasteiger partial charge in [-0.15, -0.1) is 11.3 Å². The molecule has 0 N–H and O–H groups in total. The molecular weight excluding hydrogens is 311 g/mol. The van der Waals surface area contributed by atoms with E-state index in [9.17, 15) is 4.79 Å². The second kappa shape index (κ2) is 4.72. The second-order valence-corrected chi connectivity index (χ2v) is 6.22. The minimum atomic E-state index is 0.0918. The van der Waals surface area contributed by atoms with E-state index in [1.807, 2.05) is 11.4 Å². The minimum absolute atomic E-state index is 0.0918. The van der Waals surface area contributed by atoms with Crippen molar-refractivity contribution in [3.63, 3.8) is 0 Å². The number of thiophene rings is 1. The highest BCUT2D eigenvalue weighted by Crippen LogP contribution is 2.23. The van der Waals surface area contributed by atoms with Crippen LogP contribution < -0.4 is 0 Å². The molecule has 2 heterocycles. The normalized spacial score (nSPS) is 22.2. The van der Waals surface area contributed by atoms with Gasteiger partial charge in [0.25, 0.3) is 0 Å². The lowest BCUT2D eigenvalue weighted by Crippen LogP contribution is -2.24. The van der Waals surface area contributed by atoms with E-state index in [1.165, 1.54) is 2.88 Å². The second-order valence-electron chi connectivity index (χ2n) is 3.42. The van der Waals surface area contributed by atoms with Crippen LogP contribution >= 0.6 is 33.9 Å². The van der Waals surface area contributed by atoms with Gasteiger partial charge in [0.05, 0.1) is 9.49 Å². The monoisotopic (exact) mass is 322 g/mol. The fraction of sp³-hybridized carbons (Fsp3) is 0.500. The van der Waals surface area contributed by atoms with E-state index in [-0.39, 0.29) is 11.7 Å². The molecule has 0 aromatic carbocycles. The molecule has 2 nitrogen and oxygen atoms in total. The third-order valence-electron chi connectivity index (χ3n) is 2.38. The predicted octanol–water partition coefficient (Wildman–Crippen LogP) is 2.96. The van der Waals surface area contributed by atoms with E-state index in [2.05, 4.69) is 22.6 Å². The Hall–Kier alpha value is 0.0600. The molecule has 14 heavy (non-hydrogen) atoms. The van der Waals surface area contributed by atoms with E-state index < -0.39 is 0 Å². The molecule has 0 saturated carbocycles. The van der Waals surface area contributed by atoms with Gasteiger partial charge in [-0.2, -0.15) is 0 Å². The number of halogens is 1. The van der Waals surface area contributed by atoms with Crippen LogP contribution in [0.1, 0.15) is 23.2 Å². The average Bonchev–Trinajstić information content (AvgIpc) is 2.65. The third-order valence-corrected chi connectivity index (χ3v) is 4.17. The number of ketones is 1. The third kappa shape index (κ3) is 2.35. The van der Waals surface area contributed by atoms with E-state index in [4.69, 9.17) is 4.74 Å². The molecule has 1 unspecified atom stereocenters. The van der Waals surface area contributed by atoms with Crippen molar-refractivity contribution in [2.24, 2.45) is 5.92 Å². The fourth-order valence-electron chi connectivity index (χ4n) is 1.62. The Morgan fingerprint density at radius 2 is 2.50 bits per heavy atom. The van der Waals surface area contributed by atoms with E-state index in [0.29, 0.717) is 6.61 Å². The quantitative estimate of drug-likeness (QED) is 0.618. The SMILES string of the molecule is O=C(c1csc(I)c1)C1CCCOC1. The molecule has 1 saturated heterocycles. The van der Waals surface area contributed by atoms with Crippen LogP contribution in [0.25, 0.3) is 0 Å². The first-order valence-corrected chi connectivity index (χ1v) is 6.59. The van der Waals surface area contributed by atoms with Crippen LogP contribution in [0.5, 0.6) is 0 Å². The summed E-state index contributed by atoms with van der Waals surface area (Å²) in [6.45, 7) is 1.41. The first kappa shape index (κ1) is 10.6. The number of carbonyl (C=O) groups is 1. The molecule has 1 aromatic heterocycles. The number of carbonyl (C=O) groups excluding carboxylic acids is 1. The summed E-state index contributed by atoms with van der Waals surface area (Å²) >= 11 is 3.86. The number of Topliss-reactive ketones (excluding diaryl/α,β-unsaturated/α-hetero) is 1. The fourth-order valence-corrected chi connectivity index (χ4v) is 2.96. The van der Waals surface area contributed by atoms with E-state index in [0.717, 1.165) is 25.0 Å². The van der Waals surface area contributed by atoms with Crippen LogP contribution in [0.3, 0.4) is 0 Å². The highest BCUT2D eigenvalue weighted by molar-refractivity contribution is 14.1. The van der Waals surface area contributed by atoms with Gasteiger partial charge in [-0.25, -0.2) is 0 Å². The van der Waals surface area contributed by atoms with Crippen LogP contribution in [-0.2, 0) is 4.74 Å². The van der Waals surface area contributed by atoms with Crippen molar-refractivity contribution in [1.82, 2.24) is 0 Å². The van der Waals surface area contributed by atoms with Gasteiger partial charge in [0.1, 0.15) is 0 Å². The van der Waals surface area contributed by atoms with Crippen molar-refractivity contribution in [2.45, 2.75) is 12.8 Å². The Kier molecular flexibility index (Phi) is 3.57. The summed E-state index contributed by atoms with van der Waals surface area (Å²) in [5, 5.41) is 1.94. The molecular formula is C10H11IO2S. The zero-order valence-corrected chi connectivity index (χ0v) is 10.6. The maximum atomic E-state index is 11.9. The summed E-state index contributed by atoms with van der Waals surface area (Å²) in [5.41, 5.74) is 0.856. The van der Waals surface area contributed by atoms with Gasteiger partial charge in [0, 0.05) is 23.5 Å². The van der Waals surface area contributed by atoms with Crippen molar-refractivity contribution in [2.75, 3.05) is 13.2 Å². The van der Waals surface area contributed by atoms with Crippen molar-refractivity contribution >= 4 is 39.7 Å². The molecule has 0 amide bonds. The van der Waals surface area contributed by atoms with Gasteiger partial charge in [-0.3, -0.25) is 4.79 Å². The van der Waals surface area contributed by atoms with Gasteiger partial charge in [0.15, 0.2) is 5.78 Å². The molecule has 1 aliphatic heterocycles. The van der Waals surface area contributed by atoms with Crippen molar-refractivity contribution < 1.29 is 9.53 Å². The molecule has 0 radical (unpaired) electrons. The molecule has 0 bridgehead atoms. The van der Waals surface area contributed by atoms with Crippen LogP contribution in [0, 0.1) is 8.80 Å². The molecule has 76 valence electrons. The number of hydrogen-bond acceptors (Lipinski definition) is 3. The lowest BCUT2D eigenvalue weighted by Gasteiger charge is -2.20. The molecule has 0 aliphatic carbocycles. The molecule has 0 spiro atoms. The van der Waals surface area contributed by atoms with Crippen LogP contribution in [-0.4, -0.2) is 19.0 Å². The summed E-state index contributed by atoms with van der Waals surface area (Å²) in [4.78, 5) is 11.9. The summed E-state index contributed by atoms with van der Waals surface area (Å²) in [6.07, 6.45) is 1.99. The molecule has 1 aromatic rings. The number of rotatable bonds is 2. The van der Waals surface area contributed by atoms with Crippen LogP contribution in [0.4, 0.5) is 0 Å². The van der Waals surface area contributed by atoms with Crippen LogP contribution in [0.15, 0.2) is 11.4 Å². The molecule has 1 aliphatic rings. The van der Waals surface area contributed by atoms with Gasteiger partial charge >= 0.3 is 0 Å². The van der Waals surface area contributed by atoms with Gasteiger partial charge < -0.3 is 4.74 Å². The Labute approximate surface area is 101 Å². The van der Waals surface area contributed by atoms with Crippen LogP contribution in [0.2, 0.25) is 0 Å². The molecule has 2 rings (SSSR count). The average molecular weight is 322 g/mol. The maximum Gasteiger partial charge on any atom is 0.169 e. The summed E-state index contributed by atoms with van der Waals surface area (Å²) in [7, 11) is 0. The molecule has 1 fully saturated rings. The first-order chi connectivity index (χ1) is 6.77. The molecule has 4 heteroatoms. The van der Waals surface area contributed by atoms with Gasteiger partial charge in [-0.05, 0) is 41.5 Å². The zero-order valence-electron chi connectivity index (χ0n) is 7.66. The smallest absolute Gasteiger partial charge is 0.169 e. The first-order valence-electron chi connectivity index (χ1n) is 4.63. The number of hydrogen-bond donors (Lipinski definition) is 0. The highest BCUT2D eigenvalue weighted by atomic mass is 127. The van der Waals surface area contributed by atoms with Crippen molar-refractivity contribution in [3.05, 3.63) is 19.9 Å². The Morgan fingerprint density at radius 3 is 3.07 bits per heavy atom. The summed E-state index contributed by atoms with van der Waals surface area (Å²) in [6, 6.07) is 1.96. The van der Waals surface area contributed by atoms with Gasteiger partial charge in [0.2, 0.25) is 0 Å².